The highest BCUT2D eigenvalue weighted by Crippen LogP contribution is 2.45. The van der Waals surface area contributed by atoms with Gasteiger partial charge in [0, 0.05) is 40.8 Å². The van der Waals surface area contributed by atoms with Crippen molar-refractivity contribution in [2.75, 3.05) is 9.80 Å². The minimum absolute atomic E-state index is 0.252. The van der Waals surface area contributed by atoms with Crippen LogP contribution in [0.3, 0.4) is 0 Å². The molecule has 0 spiro atoms. The van der Waals surface area contributed by atoms with Crippen molar-refractivity contribution in [2.45, 2.75) is 85.5 Å². The highest BCUT2D eigenvalue weighted by atomic mass is 16.5. The van der Waals surface area contributed by atoms with Crippen molar-refractivity contribution in [1.82, 2.24) is 0 Å². The molecule has 0 saturated carbocycles. The lowest BCUT2D eigenvalue weighted by atomic mass is 9.72. The first-order valence-corrected chi connectivity index (χ1v) is 17.7. The Morgan fingerprint density at radius 2 is 0.755 bits per heavy atom. The first-order valence-electron chi connectivity index (χ1n) is 17.7. The summed E-state index contributed by atoms with van der Waals surface area (Å²) in [7, 11) is 0. The molecule has 8 heteroatoms. The summed E-state index contributed by atoms with van der Waals surface area (Å²) in [5.74, 6) is 1.31. The van der Waals surface area contributed by atoms with Gasteiger partial charge in [0.15, 0.2) is 0 Å². The van der Waals surface area contributed by atoms with E-state index in [9.17, 15) is 19.2 Å². The van der Waals surface area contributed by atoms with E-state index in [1.165, 1.54) is 24.3 Å². The maximum atomic E-state index is 12.2. The average molecular weight is 711 g/mol. The Balaban J connectivity index is 1.32. The summed E-state index contributed by atoms with van der Waals surface area (Å²) in [5, 5.41) is 0. The zero-order chi connectivity index (χ0) is 38.6. The zero-order valence-electron chi connectivity index (χ0n) is 32.1. The Morgan fingerprint density at radius 1 is 0.453 bits per heavy atom. The minimum Gasteiger partial charge on any atom is -0.457 e. The lowest BCUT2D eigenvalue weighted by Crippen LogP contribution is -2.29. The lowest BCUT2D eigenvalue weighted by Gasteiger charge is -2.33. The number of anilines is 2. The third-order valence-electron chi connectivity index (χ3n) is 9.86. The van der Waals surface area contributed by atoms with Crippen LogP contribution in [0.1, 0.15) is 88.8 Å². The van der Waals surface area contributed by atoms with E-state index in [-0.39, 0.29) is 34.5 Å². The molecular weight excluding hydrogens is 665 g/mol. The van der Waals surface area contributed by atoms with E-state index in [1.807, 2.05) is 0 Å². The number of hydrogen-bond acceptors (Lipinski definition) is 6. The van der Waals surface area contributed by atoms with Crippen molar-refractivity contribution < 1.29 is 28.7 Å². The topological polar surface area (TPSA) is 93.2 Å². The molecule has 0 aliphatic carbocycles. The lowest BCUT2D eigenvalue weighted by molar-refractivity contribution is -0.121. The fourth-order valence-corrected chi connectivity index (χ4v) is 6.69. The molecule has 0 bridgehead atoms. The van der Waals surface area contributed by atoms with Gasteiger partial charge in [-0.3, -0.25) is 19.2 Å². The van der Waals surface area contributed by atoms with E-state index in [2.05, 4.69) is 93.5 Å². The number of carbonyl (C=O) groups is 4. The van der Waals surface area contributed by atoms with Gasteiger partial charge in [-0.25, -0.2) is 9.80 Å². The van der Waals surface area contributed by atoms with Gasteiger partial charge in [-0.15, -0.1) is 0 Å². The van der Waals surface area contributed by atoms with Crippen LogP contribution in [-0.2, 0) is 35.4 Å². The zero-order valence-corrected chi connectivity index (χ0v) is 32.1. The summed E-state index contributed by atoms with van der Waals surface area (Å²) in [6, 6.07) is 22.8. The Labute approximate surface area is 311 Å². The standard InChI is InChI=1S/C45H46N2O6/c1-27-23-29(25-35(43(3,4)5)41(27)52-33-15-11-31(12-16-33)46-37(48)19-20-38(46)49)45(9,10)30-24-28(2)42(36(26-30)44(6,7)8)53-34-17-13-32(14-18-34)47-39(50)21-22-40(47)51/h11-26H,1-10H3. The van der Waals surface area contributed by atoms with Crippen molar-refractivity contribution >= 4 is 35.0 Å². The van der Waals surface area contributed by atoms with Crippen molar-refractivity contribution in [3.05, 3.63) is 130 Å². The third kappa shape index (κ3) is 7.18. The fraction of sp³-hybridized carbons (Fsp3) is 0.289. The van der Waals surface area contributed by atoms with E-state index in [1.54, 1.807) is 48.5 Å². The van der Waals surface area contributed by atoms with Crippen molar-refractivity contribution in [3.63, 3.8) is 0 Å². The minimum atomic E-state index is -0.401. The molecule has 4 aromatic rings. The molecular formula is C45H46N2O6. The molecule has 272 valence electrons. The van der Waals surface area contributed by atoms with Gasteiger partial charge in [0.1, 0.15) is 23.0 Å². The van der Waals surface area contributed by atoms with Crippen LogP contribution in [0, 0.1) is 13.8 Å². The molecule has 0 saturated heterocycles. The second-order valence-electron chi connectivity index (χ2n) is 16.3. The highest BCUT2D eigenvalue weighted by molar-refractivity contribution is 6.28. The smallest absolute Gasteiger partial charge is 0.258 e. The Hall–Kier alpha value is -5.76. The summed E-state index contributed by atoms with van der Waals surface area (Å²) in [6.45, 7) is 21.6. The van der Waals surface area contributed by atoms with Gasteiger partial charge >= 0.3 is 0 Å². The monoisotopic (exact) mass is 710 g/mol. The van der Waals surface area contributed by atoms with Crippen molar-refractivity contribution in [2.24, 2.45) is 0 Å². The molecule has 0 fully saturated rings. The number of benzene rings is 4. The van der Waals surface area contributed by atoms with E-state index in [4.69, 9.17) is 9.47 Å². The Morgan fingerprint density at radius 3 is 1.04 bits per heavy atom. The van der Waals surface area contributed by atoms with E-state index < -0.39 is 5.41 Å². The molecule has 2 heterocycles. The molecule has 2 aliphatic rings. The van der Waals surface area contributed by atoms with Crippen LogP contribution >= 0.6 is 0 Å². The summed E-state index contributed by atoms with van der Waals surface area (Å²) in [6.07, 6.45) is 5.08. The van der Waals surface area contributed by atoms with Crippen LogP contribution in [0.2, 0.25) is 0 Å². The molecule has 6 rings (SSSR count). The SMILES string of the molecule is Cc1cc(C(C)(C)c2cc(C)c(Oc3ccc(N4C(=O)C=CC4=O)cc3)c(C(C)(C)C)c2)cc(C(C)(C)C)c1Oc1ccc(N2C(=O)C=CC2=O)cc1. The number of rotatable bonds is 8. The summed E-state index contributed by atoms with van der Waals surface area (Å²) in [5.41, 5.74) is 6.46. The second kappa shape index (κ2) is 13.3. The van der Waals surface area contributed by atoms with Gasteiger partial charge in [0.05, 0.1) is 11.4 Å². The van der Waals surface area contributed by atoms with Gasteiger partial charge in [0.25, 0.3) is 23.6 Å². The summed E-state index contributed by atoms with van der Waals surface area (Å²) in [4.78, 5) is 51.0. The quantitative estimate of drug-likeness (QED) is 0.169. The van der Waals surface area contributed by atoms with E-state index in [0.29, 0.717) is 22.9 Å². The number of hydrogen-bond donors (Lipinski definition) is 0. The van der Waals surface area contributed by atoms with Crippen LogP contribution in [0.25, 0.3) is 0 Å². The maximum absolute atomic E-state index is 12.2. The molecule has 2 aliphatic heterocycles. The van der Waals surface area contributed by atoms with E-state index >= 15 is 0 Å². The highest BCUT2D eigenvalue weighted by Gasteiger charge is 2.32. The number of nitrogens with zero attached hydrogens (tertiary/aromatic N) is 2. The molecule has 0 atom stereocenters. The largest absolute Gasteiger partial charge is 0.457 e. The fourth-order valence-electron chi connectivity index (χ4n) is 6.69. The van der Waals surface area contributed by atoms with Gasteiger partial charge in [-0.2, -0.15) is 0 Å². The number of imide groups is 2. The van der Waals surface area contributed by atoms with Crippen LogP contribution in [0.15, 0.2) is 97.1 Å². The Bertz CT molecular complexity index is 2020. The molecule has 53 heavy (non-hydrogen) atoms. The molecule has 0 aromatic heterocycles. The third-order valence-corrected chi connectivity index (χ3v) is 9.86. The molecule has 4 amide bonds. The van der Waals surface area contributed by atoms with Crippen LogP contribution < -0.4 is 19.3 Å². The number of ether oxygens (including phenoxy) is 2. The van der Waals surface area contributed by atoms with E-state index in [0.717, 1.165) is 54.7 Å². The molecule has 4 aromatic carbocycles. The van der Waals surface area contributed by atoms with Crippen LogP contribution in [0.5, 0.6) is 23.0 Å². The predicted molar refractivity (Wildman–Crippen MR) is 208 cm³/mol. The first-order chi connectivity index (χ1) is 24.8. The van der Waals surface area contributed by atoms with Crippen LogP contribution in [-0.4, -0.2) is 23.6 Å². The van der Waals surface area contributed by atoms with Gasteiger partial charge in [-0.1, -0.05) is 79.7 Å². The van der Waals surface area contributed by atoms with Crippen LogP contribution in [0.4, 0.5) is 11.4 Å². The molecule has 8 nitrogen and oxygen atoms in total. The molecule has 0 N–H and O–H groups in total. The van der Waals surface area contributed by atoms with Crippen molar-refractivity contribution in [3.8, 4) is 23.0 Å². The number of carbonyl (C=O) groups excluding carboxylic acids is 4. The predicted octanol–water partition coefficient (Wildman–Crippen LogP) is 9.67. The van der Waals surface area contributed by atoms with Gasteiger partial charge in [-0.05, 0) is 95.5 Å². The van der Waals surface area contributed by atoms with Crippen molar-refractivity contribution in [1.29, 1.82) is 0 Å². The summed E-state index contributed by atoms with van der Waals surface area (Å²) >= 11 is 0. The summed E-state index contributed by atoms with van der Waals surface area (Å²) < 4.78 is 13.1. The number of amides is 4. The Kier molecular flexibility index (Phi) is 9.31. The normalized spacial score (nSPS) is 14.9. The maximum Gasteiger partial charge on any atom is 0.258 e. The molecule has 0 unspecified atom stereocenters. The van der Waals surface area contributed by atoms with Gasteiger partial charge < -0.3 is 9.47 Å². The number of aryl methyl sites for hydroxylation is 2. The molecule has 0 radical (unpaired) electrons. The van der Waals surface area contributed by atoms with Gasteiger partial charge in [0.2, 0.25) is 0 Å². The average Bonchev–Trinajstić information content (AvgIpc) is 3.60. The second-order valence-corrected chi connectivity index (χ2v) is 16.3. The first kappa shape index (κ1) is 37.0.